The fraction of sp³-hybridized carbons (Fsp3) is 0.571. The molecule has 1 unspecified atom stereocenters. The Labute approximate surface area is 510 Å². The van der Waals surface area contributed by atoms with Crippen molar-refractivity contribution in [3.8, 4) is 0 Å². The second kappa shape index (κ2) is 69.0. The summed E-state index contributed by atoms with van der Waals surface area (Å²) in [4.78, 5) is 38.4. The van der Waals surface area contributed by atoms with Crippen molar-refractivity contribution in [2.45, 2.75) is 271 Å². The van der Waals surface area contributed by atoms with Crippen LogP contribution in [-0.2, 0) is 28.6 Å². The molecule has 0 rings (SSSR count). The van der Waals surface area contributed by atoms with Crippen LogP contribution in [0, 0.1) is 0 Å². The summed E-state index contributed by atoms with van der Waals surface area (Å²) in [5, 5.41) is 0. The van der Waals surface area contributed by atoms with Crippen molar-refractivity contribution in [2.75, 3.05) is 13.2 Å². The average molecular weight is 1140 g/mol. The lowest BCUT2D eigenvalue weighted by atomic mass is 10.0. The Morgan fingerprint density at radius 3 is 0.843 bits per heavy atom. The quantitative estimate of drug-likeness (QED) is 0.0261. The molecule has 0 saturated heterocycles. The molecule has 1 atom stereocenters. The highest BCUT2D eigenvalue weighted by Crippen LogP contribution is 2.14. The zero-order chi connectivity index (χ0) is 59.9. The summed E-state index contributed by atoms with van der Waals surface area (Å²) in [6.07, 6.45) is 103. The van der Waals surface area contributed by atoms with E-state index in [4.69, 9.17) is 14.2 Å². The van der Waals surface area contributed by atoms with Gasteiger partial charge in [-0.05, 0) is 141 Å². The molecule has 0 aromatic heterocycles. The Morgan fingerprint density at radius 1 is 0.253 bits per heavy atom. The van der Waals surface area contributed by atoms with Gasteiger partial charge in [0.2, 0.25) is 0 Å². The van der Waals surface area contributed by atoms with Crippen LogP contribution < -0.4 is 0 Å². The molecular weight excluding hydrogens is 1020 g/mol. The molecule has 0 N–H and O–H groups in total. The first-order valence-corrected chi connectivity index (χ1v) is 33.3. The van der Waals surface area contributed by atoms with Gasteiger partial charge in [-0.2, -0.15) is 0 Å². The molecule has 0 aromatic rings. The van der Waals surface area contributed by atoms with Crippen molar-refractivity contribution in [2.24, 2.45) is 0 Å². The van der Waals surface area contributed by atoms with E-state index in [1.807, 2.05) is 12.2 Å². The zero-order valence-electron chi connectivity index (χ0n) is 53.1. The van der Waals surface area contributed by atoms with Gasteiger partial charge in [0, 0.05) is 19.3 Å². The molecule has 0 heterocycles. The summed E-state index contributed by atoms with van der Waals surface area (Å²) in [7, 11) is 0. The number of carbonyl (C=O) groups is 3. The third-order valence-corrected chi connectivity index (χ3v) is 13.4. The smallest absolute Gasteiger partial charge is 0.306 e. The van der Waals surface area contributed by atoms with Gasteiger partial charge in [-0.15, -0.1) is 0 Å². The highest BCUT2D eigenvalue weighted by Gasteiger charge is 2.19. The number of unbranched alkanes of at least 4 members (excludes halogenated alkanes) is 17. The maximum Gasteiger partial charge on any atom is 0.306 e. The Balaban J connectivity index is 4.60. The lowest BCUT2D eigenvalue weighted by Gasteiger charge is -2.18. The van der Waals surface area contributed by atoms with E-state index >= 15 is 0 Å². The van der Waals surface area contributed by atoms with Crippen LogP contribution in [0.3, 0.4) is 0 Å². The lowest BCUT2D eigenvalue weighted by molar-refractivity contribution is -0.166. The monoisotopic (exact) mass is 1140 g/mol. The second-order valence-corrected chi connectivity index (χ2v) is 21.3. The first-order valence-electron chi connectivity index (χ1n) is 33.3. The van der Waals surface area contributed by atoms with Crippen molar-refractivity contribution >= 4 is 17.9 Å². The minimum absolute atomic E-state index is 0.141. The van der Waals surface area contributed by atoms with Gasteiger partial charge in [0.05, 0.1) is 0 Å². The van der Waals surface area contributed by atoms with Crippen molar-refractivity contribution in [1.29, 1.82) is 0 Å². The number of hydrogen-bond donors (Lipinski definition) is 0. The molecule has 0 fully saturated rings. The predicted molar refractivity (Wildman–Crippen MR) is 361 cm³/mol. The molecule has 0 amide bonds. The fourth-order valence-electron chi connectivity index (χ4n) is 8.49. The first kappa shape index (κ1) is 77.5. The van der Waals surface area contributed by atoms with Crippen molar-refractivity contribution in [3.63, 3.8) is 0 Å². The van der Waals surface area contributed by atoms with E-state index in [2.05, 4.69) is 191 Å². The van der Waals surface area contributed by atoms with Gasteiger partial charge in [0.15, 0.2) is 6.10 Å². The van der Waals surface area contributed by atoms with Crippen LogP contribution in [0.1, 0.15) is 265 Å². The van der Waals surface area contributed by atoms with Crippen LogP contribution >= 0.6 is 0 Å². The second-order valence-electron chi connectivity index (χ2n) is 21.3. The SMILES string of the molecule is CC/C=C\C/C=C\C/C=C\C/C=C\C/C=C\C/C=C\C/C=C\CCCC(=O)OCC(COC(=O)CC/C=C\C/C=C\C/C=C\C/C=C\C/C=C\C/C=C\CC)OC(=O)CCCCCCCCCCCCC/C=C\C/C=C\CCCCCCC. The van der Waals surface area contributed by atoms with Crippen molar-refractivity contribution in [3.05, 3.63) is 182 Å². The van der Waals surface area contributed by atoms with Gasteiger partial charge in [0.1, 0.15) is 13.2 Å². The number of rotatable bonds is 58. The number of hydrogen-bond acceptors (Lipinski definition) is 6. The molecule has 0 saturated carbocycles. The molecule has 464 valence electrons. The summed E-state index contributed by atoms with van der Waals surface area (Å²) in [5.41, 5.74) is 0. The van der Waals surface area contributed by atoms with E-state index in [9.17, 15) is 14.4 Å². The molecule has 0 spiro atoms. The topological polar surface area (TPSA) is 78.9 Å². The summed E-state index contributed by atoms with van der Waals surface area (Å²) in [6, 6.07) is 0. The number of ether oxygens (including phenoxy) is 3. The Hall–Kier alpha value is -5.49. The molecule has 0 radical (unpaired) electrons. The molecule has 0 aromatic carbocycles. The molecule has 6 heteroatoms. The Kier molecular flexibility index (Phi) is 64.4. The molecule has 6 nitrogen and oxygen atoms in total. The standard InChI is InChI=1S/C77H120O6/c1-4-7-10-13-16-19-22-25-28-31-34-36-38-40-43-46-49-52-55-58-61-64-67-70-76(79)82-73-74(72-81-75(78)69-66-63-60-57-54-51-48-45-42-33-30-27-24-21-18-15-12-9-6-3)83-77(80)71-68-65-62-59-56-53-50-47-44-41-39-37-35-32-29-26-23-20-17-14-11-8-5-2/h7,9-10,12,16,18-19,21,23,25-28,30,32,34-36,40,42-43,45,49,51-52,54,58,60-61,63,74H,4-6,8,11,13-15,17,20,22,24,29,31,33,37-39,41,44,46-48,50,53,55-57,59,62,64-73H2,1-3H3/b10-7-,12-9-,19-16-,21-18-,26-23-,28-25-,30-27-,35-32-,36-34-,43-40-,45-42-,52-49-,54-51-,61-58-,63-60-. The summed E-state index contributed by atoms with van der Waals surface area (Å²) >= 11 is 0. The van der Waals surface area contributed by atoms with Gasteiger partial charge >= 0.3 is 17.9 Å². The van der Waals surface area contributed by atoms with Crippen LogP contribution in [0.25, 0.3) is 0 Å². The average Bonchev–Trinajstić information content (AvgIpc) is 3.49. The van der Waals surface area contributed by atoms with Crippen LogP contribution in [0.2, 0.25) is 0 Å². The molecule has 83 heavy (non-hydrogen) atoms. The summed E-state index contributed by atoms with van der Waals surface area (Å²) < 4.78 is 16.8. The van der Waals surface area contributed by atoms with Gasteiger partial charge in [0.25, 0.3) is 0 Å². The third-order valence-electron chi connectivity index (χ3n) is 13.4. The molecule has 0 aliphatic heterocycles. The summed E-state index contributed by atoms with van der Waals surface area (Å²) in [5.74, 6) is -1.09. The zero-order valence-corrected chi connectivity index (χ0v) is 53.1. The van der Waals surface area contributed by atoms with Crippen molar-refractivity contribution in [1.82, 2.24) is 0 Å². The van der Waals surface area contributed by atoms with Crippen LogP contribution in [0.15, 0.2) is 182 Å². The van der Waals surface area contributed by atoms with E-state index in [0.717, 1.165) is 116 Å². The maximum atomic E-state index is 12.9. The molecule has 0 bridgehead atoms. The Morgan fingerprint density at radius 2 is 0.506 bits per heavy atom. The van der Waals surface area contributed by atoms with E-state index < -0.39 is 6.10 Å². The largest absolute Gasteiger partial charge is 0.462 e. The highest BCUT2D eigenvalue weighted by atomic mass is 16.6. The minimum Gasteiger partial charge on any atom is -0.462 e. The Bertz CT molecular complexity index is 1940. The summed E-state index contributed by atoms with van der Waals surface area (Å²) in [6.45, 7) is 6.29. The third kappa shape index (κ3) is 67.2. The fourth-order valence-corrected chi connectivity index (χ4v) is 8.49. The van der Waals surface area contributed by atoms with Gasteiger partial charge < -0.3 is 14.2 Å². The van der Waals surface area contributed by atoms with E-state index in [1.165, 1.54) is 96.3 Å². The molecular formula is C77H120O6. The van der Waals surface area contributed by atoms with Gasteiger partial charge in [-0.1, -0.05) is 287 Å². The number of esters is 3. The highest BCUT2D eigenvalue weighted by molar-refractivity contribution is 5.71. The van der Waals surface area contributed by atoms with Crippen LogP contribution in [0.5, 0.6) is 0 Å². The van der Waals surface area contributed by atoms with Gasteiger partial charge in [-0.25, -0.2) is 0 Å². The van der Waals surface area contributed by atoms with Crippen LogP contribution in [0.4, 0.5) is 0 Å². The van der Waals surface area contributed by atoms with Crippen molar-refractivity contribution < 1.29 is 28.6 Å². The molecule has 0 aliphatic rings. The lowest BCUT2D eigenvalue weighted by Crippen LogP contribution is -2.30. The maximum absolute atomic E-state index is 12.9. The van der Waals surface area contributed by atoms with Gasteiger partial charge in [-0.3, -0.25) is 14.4 Å². The number of allylic oxidation sites excluding steroid dienone is 30. The van der Waals surface area contributed by atoms with E-state index in [1.54, 1.807) is 0 Å². The minimum atomic E-state index is -0.846. The van der Waals surface area contributed by atoms with E-state index in [-0.39, 0.29) is 50.4 Å². The van der Waals surface area contributed by atoms with E-state index in [0.29, 0.717) is 12.8 Å². The normalized spacial score (nSPS) is 13.3. The molecule has 0 aliphatic carbocycles. The van der Waals surface area contributed by atoms with Crippen LogP contribution in [-0.4, -0.2) is 37.2 Å². The predicted octanol–water partition coefficient (Wildman–Crippen LogP) is 23.2. The number of carbonyl (C=O) groups excluding carboxylic acids is 3. The first-order chi connectivity index (χ1) is 41.0.